The monoisotopic (exact) mass is 447 g/mol. The fourth-order valence-corrected chi connectivity index (χ4v) is 4.94. The Labute approximate surface area is 192 Å². The van der Waals surface area contributed by atoms with E-state index in [4.69, 9.17) is 0 Å². The first-order valence-corrected chi connectivity index (χ1v) is 11.5. The molecule has 0 bridgehead atoms. The van der Waals surface area contributed by atoms with Gasteiger partial charge in [-0.1, -0.05) is 24.3 Å². The smallest absolute Gasteiger partial charge is 0.254 e. The van der Waals surface area contributed by atoms with Crippen molar-refractivity contribution >= 4 is 5.91 Å². The van der Waals surface area contributed by atoms with Crippen LogP contribution in [0.2, 0.25) is 0 Å². The third kappa shape index (κ3) is 5.11. The van der Waals surface area contributed by atoms with Crippen LogP contribution in [0.4, 0.5) is 8.78 Å². The van der Waals surface area contributed by atoms with Gasteiger partial charge in [-0.3, -0.25) is 14.7 Å². The molecule has 1 aliphatic heterocycles. The predicted molar refractivity (Wildman–Crippen MR) is 123 cm³/mol. The minimum absolute atomic E-state index is 0.111. The molecule has 2 aromatic carbocycles. The van der Waals surface area contributed by atoms with E-state index in [-0.39, 0.29) is 29.6 Å². The lowest BCUT2D eigenvalue weighted by Gasteiger charge is -2.29. The molecule has 33 heavy (non-hydrogen) atoms. The van der Waals surface area contributed by atoms with Gasteiger partial charge in [-0.05, 0) is 66.3 Å². The summed E-state index contributed by atoms with van der Waals surface area (Å²) in [5.41, 5.74) is 2.63. The maximum Gasteiger partial charge on any atom is 0.254 e. The van der Waals surface area contributed by atoms with E-state index in [9.17, 15) is 13.6 Å². The van der Waals surface area contributed by atoms with Gasteiger partial charge in [0.15, 0.2) is 0 Å². The molecule has 1 saturated heterocycles. The second-order valence-electron chi connectivity index (χ2n) is 9.17. The Kier molecular flexibility index (Phi) is 6.18. The lowest BCUT2D eigenvalue weighted by molar-refractivity contribution is 0.0710. The van der Waals surface area contributed by atoms with Crippen molar-refractivity contribution in [3.63, 3.8) is 0 Å². The molecule has 2 fully saturated rings. The molecule has 2 aliphatic rings. The number of likely N-dealkylation sites (tertiary alicyclic amines) is 1. The summed E-state index contributed by atoms with van der Waals surface area (Å²) in [6.45, 7) is 3.04. The largest absolute Gasteiger partial charge is 0.335 e. The normalized spacial score (nSPS) is 20.7. The first kappa shape index (κ1) is 21.7. The van der Waals surface area contributed by atoms with Gasteiger partial charge in [-0.25, -0.2) is 8.78 Å². The first-order valence-electron chi connectivity index (χ1n) is 11.5. The molecule has 0 spiro atoms. The van der Waals surface area contributed by atoms with Gasteiger partial charge >= 0.3 is 0 Å². The van der Waals surface area contributed by atoms with Crippen molar-refractivity contribution in [3.8, 4) is 0 Å². The minimum Gasteiger partial charge on any atom is -0.335 e. The van der Waals surface area contributed by atoms with Gasteiger partial charge in [0.25, 0.3) is 5.91 Å². The Morgan fingerprint density at radius 2 is 1.82 bits per heavy atom. The van der Waals surface area contributed by atoms with Crippen LogP contribution in [0.25, 0.3) is 0 Å². The van der Waals surface area contributed by atoms with Crippen molar-refractivity contribution in [1.82, 2.24) is 14.8 Å². The minimum atomic E-state index is -0.399. The number of pyridine rings is 1. The third-order valence-electron chi connectivity index (χ3n) is 6.70. The summed E-state index contributed by atoms with van der Waals surface area (Å²) in [6.07, 6.45) is 5.61. The fourth-order valence-electron chi connectivity index (χ4n) is 4.94. The molecule has 3 aromatic rings. The molecule has 2 atom stereocenters. The summed E-state index contributed by atoms with van der Waals surface area (Å²) in [7, 11) is 0. The van der Waals surface area contributed by atoms with Gasteiger partial charge < -0.3 is 4.90 Å². The fraction of sp³-hybridized carbons (Fsp3) is 0.333. The Morgan fingerprint density at radius 3 is 2.52 bits per heavy atom. The molecule has 1 aromatic heterocycles. The van der Waals surface area contributed by atoms with Crippen molar-refractivity contribution < 1.29 is 13.6 Å². The van der Waals surface area contributed by atoms with Crippen LogP contribution in [-0.2, 0) is 6.54 Å². The van der Waals surface area contributed by atoms with Crippen molar-refractivity contribution in [3.05, 3.63) is 101 Å². The van der Waals surface area contributed by atoms with E-state index in [1.165, 1.54) is 24.3 Å². The van der Waals surface area contributed by atoms with Crippen LogP contribution in [-0.4, -0.2) is 46.4 Å². The Bertz CT molecular complexity index is 1100. The van der Waals surface area contributed by atoms with Gasteiger partial charge in [0, 0.05) is 56.1 Å². The van der Waals surface area contributed by atoms with Gasteiger partial charge in [0.2, 0.25) is 0 Å². The van der Waals surface area contributed by atoms with Gasteiger partial charge in [-0.2, -0.15) is 0 Å². The highest BCUT2D eigenvalue weighted by molar-refractivity contribution is 5.94. The van der Waals surface area contributed by atoms with E-state index in [0.717, 1.165) is 43.6 Å². The number of carbonyl (C=O) groups is 1. The average Bonchev–Trinajstić information content (AvgIpc) is 3.59. The van der Waals surface area contributed by atoms with Crippen molar-refractivity contribution in [2.24, 2.45) is 5.92 Å². The number of hydrogen-bond donors (Lipinski definition) is 0. The summed E-state index contributed by atoms with van der Waals surface area (Å²) in [6, 6.07) is 16.9. The number of aromatic nitrogens is 1. The molecule has 0 N–H and O–H groups in total. The molecule has 1 aliphatic carbocycles. The second-order valence-corrected chi connectivity index (χ2v) is 9.17. The van der Waals surface area contributed by atoms with Gasteiger partial charge in [0.1, 0.15) is 11.6 Å². The predicted octanol–water partition coefficient (Wildman–Crippen LogP) is 4.88. The lowest BCUT2D eigenvalue weighted by Crippen LogP contribution is -2.39. The molecule has 4 nitrogen and oxygen atoms in total. The summed E-state index contributed by atoms with van der Waals surface area (Å²) in [4.78, 5) is 21.9. The quantitative estimate of drug-likeness (QED) is 0.518. The van der Waals surface area contributed by atoms with Crippen LogP contribution in [0.5, 0.6) is 0 Å². The number of benzene rings is 2. The molecule has 6 heteroatoms. The van der Waals surface area contributed by atoms with E-state index >= 15 is 0 Å². The number of halogens is 2. The number of amides is 1. The maximum atomic E-state index is 13.8. The Morgan fingerprint density at radius 1 is 1.00 bits per heavy atom. The molecule has 2 heterocycles. The van der Waals surface area contributed by atoms with Crippen LogP contribution in [0.15, 0.2) is 73.1 Å². The molecule has 1 amide bonds. The molecule has 1 saturated carbocycles. The zero-order valence-corrected chi connectivity index (χ0v) is 18.4. The van der Waals surface area contributed by atoms with E-state index in [2.05, 4.69) is 16.0 Å². The number of hydrogen-bond acceptors (Lipinski definition) is 3. The van der Waals surface area contributed by atoms with Crippen molar-refractivity contribution in [1.29, 1.82) is 0 Å². The van der Waals surface area contributed by atoms with Gasteiger partial charge in [-0.15, -0.1) is 0 Å². The third-order valence-corrected chi connectivity index (χ3v) is 6.70. The summed E-state index contributed by atoms with van der Waals surface area (Å²) >= 11 is 0. The lowest BCUT2D eigenvalue weighted by atomic mass is 9.88. The number of nitrogens with zero attached hydrogens (tertiary/aromatic N) is 3. The van der Waals surface area contributed by atoms with Crippen molar-refractivity contribution in [2.75, 3.05) is 19.6 Å². The SMILES string of the molecule is O=C(c1cccc(F)c1)N(CC1CN(Cc2cccnc2)CC1c1ccc(F)cc1)C1CC1. The Hall–Kier alpha value is -3.12. The Balaban J connectivity index is 1.38. The second kappa shape index (κ2) is 9.40. The van der Waals surface area contributed by atoms with E-state index in [1.807, 2.05) is 29.3 Å². The van der Waals surface area contributed by atoms with Crippen LogP contribution in [0.1, 0.15) is 40.2 Å². The highest BCUT2D eigenvalue weighted by Gasteiger charge is 2.40. The highest BCUT2D eigenvalue weighted by atomic mass is 19.1. The molecule has 170 valence electrons. The molecular weight excluding hydrogens is 420 g/mol. The zero-order chi connectivity index (χ0) is 22.8. The average molecular weight is 448 g/mol. The van der Waals surface area contributed by atoms with Crippen LogP contribution >= 0.6 is 0 Å². The van der Waals surface area contributed by atoms with E-state index in [0.29, 0.717) is 12.1 Å². The number of rotatable bonds is 7. The molecular formula is C27H27F2N3O. The first-order chi connectivity index (χ1) is 16.1. The highest BCUT2D eigenvalue weighted by Crippen LogP contribution is 2.37. The zero-order valence-electron chi connectivity index (χ0n) is 18.4. The van der Waals surface area contributed by atoms with Crippen LogP contribution in [0, 0.1) is 17.6 Å². The summed E-state index contributed by atoms with van der Waals surface area (Å²) < 4.78 is 27.4. The van der Waals surface area contributed by atoms with E-state index in [1.54, 1.807) is 18.3 Å². The number of carbonyl (C=O) groups excluding carboxylic acids is 1. The molecule has 0 radical (unpaired) electrons. The summed E-state index contributed by atoms with van der Waals surface area (Å²) in [5, 5.41) is 0. The van der Waals surface area contributed by atoms with E-state index < -0.39 is 5.82 Å². The van der Waals surface area contributed by atoms with Crippen LogP contribution in [0.3, 0.4) is 0 Å². The standard InChI is InChI=1S/C27H27F2N3O/c28-23-8-6-20(7-9-23)26-18-31(15-19-3-2-12-30-14-19)16-22(26)17-32(25-10-11-25)27(33)21-4-1-5-24(29)13-21/h1-9,12-14,22,25-26H,10-11,15-18H2. The summed E-state index contributed by atoms with van der Waals surface area (Å²) in [5.74, 6) is -0.375. The van der Waals surface area contributed by atoms with Crippen LogP contribution < -0.4 is 0 Å². The van der Waals surface area contributed by atoms with Crippen molar-refractivity contribution in [2.45, 2.75) is 31.3 Å². The van der Waals surface area contributed by atoms with Gasteiger partial charge in [0.05, 0.1) is 0 Å². The maximum absolute atomic E-state index is 13.8. The molecule has 5 rings (SSSR count). The molecule has 2 unspecified atom stereocenters. The topological polar surface area (TPSA) is 36.4 Å².